The van der Waals surface area contributed by atoms with Gasteiger partial charge in [-0.05, 0) is 19.9 Å². The predicted molar refractivity (Wildman–Crippen MR) is 75.8 cm³/mol. The highest BCUT2D eigenvalue weighted by atomic mass is 32.2. The van der Waals surface area contributed by atoms with E-state index in [4.69, 9.17) is 5.73 Å². The van der Waals surface area contributed by atoms with E-state index in [2.05, 4.69) is 15.2 Å². The van der Waals surface area contributed by atoms with E-state index in [1.165, 1.54) is 13.0 Å². The van der Waals surface area contributed by atoms with Gasteiger partial charge in [-0.15, -0.1) is 5.10 Å². The number of aromatic nitrogens is 4. The van der Waals surface area contributed by atoms with Crippen molar-refractivity contribution in [3.05, 3.63) is 23.0 Å². The van der Waals surface area contributed by atoms with Gasteiger partial charge in [0, 0.05) is 17.0 Å². The van der Waals surface area contributed by atoms with E-state index in [-0.39, 0.29) is 23.0 Å². The molecule has 2 rings (SSSR count). The maximum absolute atomic E-state index is 12.5. The molecule has 0 aliphatic rings. The molecule has 22 heavy (non-hydrogen) atoms. The van der Waals surface area contributed by atoms with Gasteiger partial charge in [-0.2, -0.15) is 18.2 Å². The number of nitrogens with zero attached hydrogens (tertiary/aromatic N) is 3. The summed E-state index contributed by atoms with van der Waals surface area (Å²) in [6.07, 6.45) is -4.33. The van der Waals surface area contributed by atoms with Crippen molar-refractivity contribution in [3.63, 3.8) is 0 Å². The minimum absolute atomic E-state index is 0.0214. The van der Waals surface area contributed by atoms with Crippen LogP contribution in [0.4, 0.5) is 19.1 Å². The molecule has 0 saturated carbocycles. The zero-order valence-corrected chi connectivity index (χ0v) is 12.7. The molecule has 2 heterocycles. The molecule has 0 spiro atoms. The number of nitrogen functional groups attached to an aromatic ring is 1. The van der Waals surface area contributed by atoms with E-state index in [0.717, 1.165) is 16.3 Å². The number of Topliss-reactive ketones (excluding diaryl/α,β-unsaturated/α-hetero) is 1. The number of carbonyl (C=O) groups is 1. The Bertz CT molecular complexity index is 691. The number of thioether (sulfide) groups is 1. The molecule has 0 unspecified atom stereocenters. The summed E-state index contributed by atoms with van der Waals surface area (Å²) in [4.78, 5) is 16.0. The van der Waals surface area contributed by atoms with Crippen LogP contribution >= 0.6 is 11.8 Å². The second-order valence-corrected chi connectivity index (χ2v) is 5.64. The number of H-pyrrole nitrogens is 1. The highest BCUT2D eigenvalue weighted by Gasteiger charge is 2.30. The van der Waals surface area contributed by atoms with E-state index < -0.39 is 12.7 Å². The molecule has 2 aromatic rings. The van der Waals surface area contributed by atoms with Crippen molar-refractivity contribution in [1.82, 2.24) is 19.7 Å². The Kier molecular flexibility index (Phi) is 4.50. The molecule has 0 atom stereocenters. The largest absolute Gasteiger partial charge is 0.406 e. The summed E-state index contributed by atoms with van der Waals surface area (Å²) < 4.78 is 38.7. The van der Waals surface area contributed by atoms with Crippen LogP contribution in [-0.4, -0.2) is 37.5 Å². The van der Waals surface area contributed by atoms with Gasteiger partial charge in [0.2, 0.25) is 11.1 Å². The van der Waals surface area contributed by atoms with Gasteiger partial charge in [0.05, 0.1) is 5.75 Å². The fraction of sp³-hybridized carbons (Fsp3) is 0.417. The average molecular weight is 333 g/mol. The van der Waals surface area contributed by atoms with Gasteiger partial charge in [-0.25, -0.2) is 5.10 Å². The van der Waals surface area contributed by atoms with Crippen molar-refractivity contribution in [1.29, 1.82) is 0 Å². The van der Waals surface area contributed by atoms with Crippen LogP contribution in [0, 0.1) is 13.8 Å². The van der Waals surface area contributed by atoms with E-state index in [1.54, 1.807) is 6.92 Å². The predicted octanol–water partition coefficient (Wildman–Crippen LogP) is 2.34. The normalized spacial score (nSPS) is 11.9. The van der Waals surface area contributed by atoms with Crippen molar-refractivity contribution in [2.75, 3.05) is 11.5 Å². The number of alkyl halides is 3. The number of anilines is 1. The zero-order chi connectivity index (χ0) is 16.5. The van der Waals surface area contributed by atoms with Crippen LogP contribution in [0.1, 0.15) is 21.7 Å². The van der Waals surface area contributed by atoms with Crippen molar-refractivity contribution < 1.29 is 18.0 Å². The molecule has 2 aromatic heterocycles. The van der Waals surface area contributed by atoms with Crippen molar-refractivity contribution in [3.8, 4) is 0 Å². The third kappa shape index (κ3) is 3.81. The second kappa shape index (κ2) is 6.03. The SMILES string of the molecule is Cc1cc(C(=O)CSc2n[nH]c(N)n2)c(C)n1CC(F)(F)F. The Hall–Kier alpha value is -1.97. The number of aromatic amines is 1. The summed E-state index contributed by atoms with van der Waals surface area (Å²) in [7, 11) is 0. The van der Waals surface area contributed by atoms with E-state index in [0.29, 0.717) is 16.5 Å². The Morgan fingerprint density at radius 1 is 1.45 bits per heavy atom. The Morgan fingerprint density at radius 3 is 2.68 bits per heavy atom. The maximum Gasteiger partial charge on any atom is 0.406 e. The molecule has 0 fully saturated rings. The Balaban J connectivity index is 2.11. The highest BCUT2D eigenvalue weighted by molar-refractivity contribution is 7.99. The summed E-state index contributed by atoms with van der Waals surface area (Å²) in [5.74, 6) is -0.124. The number of aryl methyl sites for hydroxylation is 1. The first kappa shape index (κ1) is 16.4. The Labute approximate surface area is 128 Å². The molecule has 10 heteroatoms. The van der Waals surface area contributed by atoms with E-state index >= 15 is 0 Å². The number of rotatable bonds is 5. The first-order valence-electron chi connectivity index (χ1n) is 6.24. The zero-order valence-electron chi connectivity index (χ0n) is 11.9. The number of nitrogens with two attached hydrogens (primary N) is 1. The van der Waals surface area contributed by atoms with Crippen LogP contribution in [0.15, 0.2) is 11.2 Å². The molecule has 3 N–H and O–H groups in total. The van der Waals surface area contributed by atoms with Crippen LogP contribution in [-0.2, 0) is 6.54 Å². The number of ketones is 1. The molecule has 0 aliphatic carbocycles. The number of hydrogen-bond donors (Lipinski definition) is 2. The van der Waals surface area contributed by atoms with Crippen molar-refractivity contribution in [2.24, 2.45) is 0 Å². The number of nitrogens with one attached hydrogen (secondary N) is 1. The van der Waals surface area contributed by atoms with Gasteiger partial charge >= 0.3 is 6.18 Å². The number of hydrogen-bond acceptors (Lipinski definition) is 5. The standard InChI is InChI=1S/C12H14F3N5OS/c1-6-3-8(7(2)20(6)5-12(13,14)15)9(21)4-22-11-17-10(16)18-19-11/h3H,4-5H2,1-2H3,(H3,16,17,18,19). The molecular weight excluding hydrogens is 319 g/mol. The topological polar surface area (TPSA) is 89.6 Å². The fourth-order valence-electron chi connectivity index (χ4n) is 2.04. The van der Waals surface area contributed by atoms with Gasteiger partial charge in [0.25, 0.3) is 0 Å². The lowest BCUT2D eigenvalue weighted by atomic mass is 10.2. The lowest BCUT2D eigenvalue weighted by Crippen LogP contribution is -2.19. The fourth-order valence-corrected chi connectivity index (χ4v) is 2.73. The van der Waals surface area contributed by atoms with Crippen LogP contribution in [0.25, 0.3) is 0 Å². The molecule has 6 nitrogen and oxygen atoms in total. The van der Waals surface area contributed by atoms with Gasteiger partial charge < -0.3 is 10.3 Å². The smallest absolute Gasteiger partial charge is 0.368 e. The van der Waals surface area contributed by atoms with Gasteiger partial charge in [-0.3, -0.25) is 4.79 Å². The quantitative estimate of drug-likeness (QED) is 0.647. The first-order valence-corrected chi connectivity index (χ1v) is 7.23. The minimum Gasteiger partial charge on any atom is -0.368 e. The summed E-state index contributed by atoms with van der Waals surface area (Å²) >= 11 is 1.07. The molecule has 0 amide bonds. The third-order valence-electron chi connectivity index (χ3n) is 3.03. The summed E-state index contributed by atoms with van der Waals surface area (Å²) in [6.45, 7) is 1.93. The van der Waals surface area contributed by atoms with Crippen LogP contribution in [0.2, 0.25) is 0 Å². The van der Waals surface area contributed by atoms with E-state index in [1.807, 2.05) is 0 Å². The molecule has 0 aromatic carbocycles. The van der Waals surface area contributed by atoms with Crippen LogP contribution in [0.3, 0.4) is 0 Å². The Morgan fingerprint density at radius 2 is 2.14 bits per heavy atom. The first-order chi connectivity index (χ1) is 10.2. The second-order valence-electron chi connectivity index (χ2n) is 4.70. The van der Waals surface area contributed by atoms with Gasteiger partial charge in [0.15, 0.2) is 5.78 Å². The number of carbonyl (C=O) groups excluding carboxylic acids is 1. The highest BCUT2D eigenvalue weighted by Crippen LogP contribution is 2.24. The molecule has 120 valence electrons. The lowest BCUT2D eigenvalue weighted by Gasteiger charge is -2.12. The van der Waals surface area contributed by atoms with Gasteiger partial charge in [0.1, 0.15) is 6.54 Å². The molecule has 0 radical (unpaired) electrons. The molecule has 0 aliphatic heterocycles. The molecule has 0 bridgehead atoms. The summed E-state index contributed by atoms with van der Waals surface area (Å²) in [5.41, 5.74) is 6.34. The van der Waals surface area contributed by atoms with Crippen LogP contribution in [0.5, 0.6) is 0 Å². The average Bonchev–Trinajstić information content (AvgIpc) is 2.93. The maximum atomic E-state index is 12.5. The van der Waals surface area contributed by atoms with Gasteiger partial charge in [-0.1, -0.05) is 11.8 Å². The lowest BCUT2D eigenvalue weighted by molar-refractivity contribution is -0.141. The van der Waals surface area contributed by atoms with E-state index in [9.17, 15) is 18.0 Å². The third-order valence-corrected chi connectivity index (χ3v) is 3.87. The monoisotopic (exact) mass is 333 g/mol. The number of halogens is 3. The van der Waals surface area contributed by atoms with Crippen molar-refractivity contribution >= 4 is 23.5 Å². The summed E-state index contributed by atoms with van der Waals surface area (Å²) in [5, 5.41) is 6.52. The van der Waals surface area contributed by atoms with Crippen molar-refractivity contribution in [2.45, 2.75) is 31.7 Å². The van der Waals surface area contributed by atoms with Crippen LogP contribution < -0.4 is 5.73 Å². The molecular formula is C12H14F3N5OS. The summed E-state index contributed by atoms with van der Waals surface area (Å²) in [6, 6.07) is 1.47. The molecule has 0 saturated heterocycles. The minimum atomic E-state index is -4.33.